The highest BCUT2D eigenvalue weighted by molar-refractivity contribution is 14.0. The van der Waals surface area contributed by atoms with Crippen molar-refractivity contribution in [2.45, 2.75) is 38.7 Å². The van der Waals surface area contributed by atoms with E-state index in [4.69, 9.17) is 9.73 Å². The molecule has 2 N–H and O–H groups in total. The summed E-state index contributed by atoms with van der Waals surface area (Å²) in [5, 5.41) is 13.1. The molecule has 0 unspecified atom stereocenters. The van der Waals surface area contributed by atoms with Gasteiger partial charge in [-0.25, -0.2) is 0 Å². The summed E-state index contributed by atoms with van der Waals surface area (Å²) in [7, 11) is 1.69. The number of β-amino-alcohol motifs (C(OH)–C–C–N with tert-alkyl or cyclic N) is 1. The van der Waals surface area contributed by atoms with E-state index in [9.17, 15) is 5.11 Å². The van der Waals surface area contributed by atoms with E-state index in [1.165, 1.54) is 5.56 Å². The average Bonchev–Trinajstić information content (AvgIpc) is 2.98. The lowest BCUT2D eigenvalue weighted by molar-refractivity contribution is 0.187. The van der Waals surface area contributed by atoms with Gasteiger partial charge < -0.3 is 20.1 Å². The zero-order valence-electron chi connectivity index (χ0n) is 15.1. The first-order valence-electron chi connectivity index (χ1n) is 8.32. The lowest BCUT2D eigenvalue weighted by Crippen LogP contribution is -2.41. The van der Waals surface area contributed by atoms with Gasteiger partial charge in [-0.3, -0.25) is 4.99 Å². The second-order valence-electron chi connectivity index (χ2n) is 6.67. The molecule has 136 valence electrons. The molecule has 1 aromatic carbocycles. The molecule has 0 saturated carbocycles. The lowest BCUT2D eigenvalue weighted by atomic mass is 9.84. The van der Waals surface area contributed by atoms with E-state index in [0.29, 0.717) is 13.1 Å². The molecule has 0 amide bonds. The first-order valence-corrected chi connectivity index (χ1v) is 8.32. The van der Waals surface area contributed by atoms with Crippen LogP contribution in [0.3, 0.4) is 0 Å². The summed E-state index contributed by atoms with van der Waals surface area (Å²) < 4.78 is 5.32. The third kappa shape index (κ3) is 5.51. The summed E-state index contributed by atoms with van der Waals surface area (Å²) in [4.78, 5) is 6.95. The van der Waals surface area contributed by atoms with Gasteiger partial charge in [0.1, 0.15) is 5.75 Å². The van der Waals surface area contributed by atoms with Gasteiger partial charge >= 0.3 is 0 Å². The largest absolute Gasteiger partial charge is 0.497 e. The summed E-state index contributed by atoms with van der Waals surface area (Å²) in [5.41, 5.74) is 1.12. The Hall–Kier alpha value is -1.02. The first-order chi connectivity index (χ1) is 11.0. The maximum Gasteiger partial charge on any atom is 0.194 e. The molecule has 2 rings (SSSR count). The third-order valence-electron chi connectivity index (χ3n) is 4.27. The predicted octanol–water partition coefficient (Wildman–Crippen LogP) is 2.62. The van der Waals surface area contributed by atoms with Gasteiger partial charge in [0.2, 0.25) is 0 Å². The molecule has 0 bridgehead atoms. The number of aliphatic hydroxyl groups is 1. The maximum absolute atomic E-state index is 9.74. The van der Waals surface area contributed by atoms with Gasteiger partial charge in [0, 0.05) is 25.0 Å². The van der Waals surface area contributed by atoms with Crippen LogP contribution in [0, 0.1) is 0 Å². The number of rotatable bonds is 5. The van der Waals surface area contributed by atoms with Crippen molar-refractivity contribution in [1.29, 1.82) is 0 Å². The molecule has 1 aromatic rings. The van der Waals surface area contributed by atoms with Crippen molar-refractivity contribution in [2.24, 2.45) is 4.99 Å². The zero-order chi connectivity index (χ0) is 16.9. The molecule has 1 heterocycles. The number of hydrogen-bond acceptors (Lipinski definition) is 3. The number of likely N-dealkylation sites (tertiary alicyclic amines) is 1. The molecule has 1 aliphatic heterocycles. The second kappa shape index (κ2) is 9.46. The Morgan fingerprint density at radius 1 is 1.46 bits per heavy atom. The molecule has 6 heteroatoms. The van der Waals surface area contributed by atoms with Crippen LogP contribution in [0.5, 0.6) is 5.75 Å². The number of nitrogens with one attached hydrogen (secondary N) is 1. The van der Waals surface area contributed by atoms with E-state index in [2.05, 4.69) is 43.1 Å². The smallest absolute Gasteiger partial charge is 0.194 e. The molecule has 1 fully saturated rings. The lowest BCUT2D eigenvalue weighted by Gasteiger charge is -2.26. The monoisotopic (exact) mass is 447 g/mol. The number of guanidine groups is 1. The predicted molar refractivity (Wildman–Crippen MR) is 110 cm³/mol. The Morgan fingerprint density at radius 2 is 2.21 bits per heavy atom. The molecule has 0 radical (unpaired) electrons. The molecule has 1 saturated heterocycles. The molecule has 0 aromatic heterocycles. The Labute approximate surface area is 162 Å². The van der Waals surface area contributed by atoms with Gasteiger partial charge in [-0.1, -0.05) is 26.0 Å². The number of aliphatic imine (C=N–C) groups is 1. The fraction of sp³-hybridized carbons (Fsp3) is 0.611. The number of ether oxygens (including phenoxy) is 1. The van der Waals surface area contributed by atoms with Crippen LogP contribution in [0.4, 0.5) is 0 Å². The summed E-state index contributed by atoms with van der Waals surface area (Å²) in [6.07, 6.45) is 0.564. The molecule has 0 spiro atoms. The van der Waals surface area contributed by atoms with Crippen molar-refractivity contribution in [3.8, 4) is 5.75 Å². The summed E-state index contributed by atoms with van der Waals surface area (Å²) in [6, 6.07) is 8.16. The normalized spacial score (nSPS) is 18.3. The molecule has 0 aliphatic carbocycles. The Balaban J connectivity index is 0.00000288. The van der Waals surface area contributed by atoms with Crippen molar-refractivity contribution < 1.29 is 9.84 Å². The highest BCUT2D eigenvalue weighted by Gasteiger charge is 2.25. The zero-order valence-corrected chi connectivity index (χ0v) is 17.4. The summed E-state index contributed by atoms with van der Waals surface area (Å²) >= 11 is 0. The van der Waals surface area contributed by atoms with Crippen LogP contribution in [0.2, 0.25) is 0 Å². The minimum absolute atomic E-state index is 0. The minimum Gasteiger partial charge on any atom is -0.497 e. The maximum atomic E-state index is 9.74. The van der Waals surface area contributed by atoms with E-state index in [0.717, 1.165) is 31.2 Å². The Morgan fingerprint density at radius 3 is 2.79 bits per heavy atom. The molecule has 1 aliphatic rings. The Kier molecular flexibility index (Phi) is 8.29. The fourth-order valence-corrected chi connectivity index (χ4v) is 2.77. The van der Waals surface area contributed by atoms with Gasteiger partial charge in [0.15, 0.2) is 5.96 Å². The van der Waals surface area contributed by atoms with Crippen LogP contribution in [-0.4, -0.2) is 55.4 Å². The average molecular weight is 447 g/mol. The summed E-state index contributed by atoms with van der Waals surface area (Å²) in [5.74, 6) is 1.76. The van der Waals surface area contributed by atoms with E-state index < -0.39 is 0 Å². The number of methoxy groups -OCH3 is 1. The van der Waals surface area contributed by atoms with Crippen molar-refractivity contribution in [1.82, 2.24) is 10.2 Å². The van der Waals surface area contributed by atoms with E-state index in [1.54, 1.807) is 7.11 Å². The van der Waals surface area contributed by atoms with Crippen molar-refractivity contribution in [2.75, 3.05) is 33.3 Å². The molecule has 24 heavy (non-hydrogen) atoms. The molecular formula is C18H30IN3O2. The second-order valence-corrected chi connectivity index (χ2v) is 6.67. The van der Waals surface area contributed by atoms with Crippen LogP contribution in [0.1, 0.15) is 32.8 Å². The topological polar surface area (TPSA) is 57.1 Å². The standard InChI is InChI=1S/C18H29N3O2.HI/c1-5-19-17(21-10-9-15(22)12-21)20-13-18(2,3)14-7-6-8-16(11-14)23-4;/h6-8,11,15,22H,5,9-10,12-13H2,1-4H3,(H,19,20);1H/t15-;/m1./s1. The first kappa shape index (κ1) is 21.0. The van der Waals surface area contributed by atoms with Crippen molar-refractivity contribution >= 4 is 29.9 Å². The minimum atomic E-state index is -0.245. The molecule has 5 nitrogen and oxygen atoms in total. The SMILES string of the molecule is CCNC(=NCC(C)(C)c1cccc(OC)c1)N1CC[C@@H](O)C1.I. The van der Waals surface area contributed by atoms with Gasteiger partial charge in [0.25, 0.3) is 0 Å². The van der Waals surface area contributed by atoms with Crippen molar-refractivity contribution in [3.05, 3.63) is 29.8 Å². The quantitative estimate of drug-likeness (QED) is 0.414. The van der Waals surface area contributed by atoms with Crippen LogP contribution in [0.15, 0.2) is 29.3 Å². The highest BCUT2D eigenvalue weighted by Crippen LogP contribution is 2.27. The van der Waals surface area contributed by atoms with E-state index in [-0.39, 0.29) is 35.5 Å². The van der Waals surface area contributed by atoms with E-state index >= 15 is 0 Å². The fourth-order valence-electron chi connectivity index (χ4n) is 2.77. The number of aliphatic hydroxyl groups excluding tert-OH is 1. The number of nitrogens with zero attached hydrogens (tertiary/aromatic N) is 2. The Bertz CT molecular complexity index is 549. The number of hydrogen-bond donors (Lipinski definition) is 2. The van der Waals surface area contributed by atoms with Gasteiger partial charge in [-0.15, -0.1) is 24.0 Å². The van der Waals surface area contributed by atoms with Crippen LogP contribution in [0.25, 0.3) is 0 Å². The number of benzene rings is 1. The van der Waals surface area contributed by atoms with Crippen LogP contribution in [-0.2, 0) is 5.41 Å². The van der Waals surface area contributed by atoms with Gasteiger partial charge in [0.05, 0.1) is 19.8 Å². The van der Waals surface area contributed by atoms with Crippen LogP contribution >= 0.6 is 24.0 Å². The highest BCUT2D eigenvalue weighted by atomic mass is 127. The van der Waals surface area contributed by atoms with E-state index in [1.807, 2.05) is 12.1 Å². The van der Waals surface area contributed by atoms with Crippen molar-refractivity contribution in [3.63, 3.8) is 0 Å². The summed E-state index contributed by atoms with van der Waals surface area (Å²) in [6.45, 7) is 9.45. The molecular weight excluding hydrogens is 417 g/mol. The molecule has 1 atom stereocenters. The third-order valence-corrected chi connectivity index (χ3v) is 4.27. The van der Waals surface area contributed by atoms with Crippen LogP contribution < -0.4 is 10.1 Å². The number of halogens is 1. The van der Waals surface area contributed by atoms with Gasteiger partial charge in [-0.2, -0.15) is 0 Å². The van der Waals surface area contributed by atoms with Gasteiger partial charge in [-0.05, 0) is 31.0 Å².